The van der Waals surface area contributed by atoms with E-state index in [2.05, 4.69) is 5.32 Å². The van der Waals surface area contributed by atoms with Crippen LogP contribution in [0.4, 0.5) is 17.1 Å². The molecule has 0 aliphatic carbocycles. The maximum atomic E-state index is 13.8. The highest BCUT2D eigenvalue weighted by Gasteiger charge is 2.44. The number of rotatable bonds is 10. The van der Waals surface area contributed by atoms with E-state index in [9.17, 15) is 14.4 Å². The smallest absolute Gasteiger partial charge is 0.256 e. The SMILES string of the molecule is CCOc1ccc(NC(=O)CC2C(=O)N(c3ccc(OC)cc3)C(=S)N2Cc2ccc(N3CCCC3=O)cc2)cc1. The van der Waals surface area contributed by atoms with Crippen LogP contribution in [-0.4, -0.2) is 54.0 Å². The third-order valence-corrected chi connectivity index (χ3v) is 7.57. The Morgan fingerprint density at radius 3 is 2.22 bits per heavy atom. The molecule has 10 heteroatoms. The van der Waals surface area contributed by atoms with Gasteiger partial charge in [0.1, 0.15) is 17.5 Å². The normalized spacial score (nSPS) is 16.9. The van der Waals surface area contributed by atoms with Crippen LogP contribution in [0.25, 0.3) is 0 Å². The Bertz CT molecular complexity index is 1430. The van der Waals surface area contributed by atoms with Gasteiger partial charge in [-0.15, -0.1) is 0 Å². The van der Waals surface area contributed by atoms with Gasteiger partial charge in [-0.1, -0.05) is 12.1 Å². The highest BCUT2D eigenvalue weighted by molar-refractivity contribution is 7.80. The van der Waals surface area contributed by atoms with Crippen molar-refractivity contribution in [3.8, 4) is 11.5 Å². The molecule has 9 nitrogen and oxygen atoms in total. The van der Waals surface area contributed by atoms with Gasteiger partial charge >= 0.3 is 0 Å². The number of nitrogens with zero attached hydrogens (tertiary/aromatic N) is 3. The number of thiocarbonyl (C=S) groups is 1. The van der Waals surface area contributed by atoms with Crippen LogP contribution in [0.5, 0.6) is 11.5 Å². The summed E-state index contributed by atoms with van der Waals surface area (Å²) in [6.45, 7) is 3.50. The summed E-state index contributed by atoms with van der Waals surface area (Å²) < 4.78 is 10.7. The molecule has 3 aromatic rings. The molecule has 3 amide bonds. The summed E-state index contributed by atoms with van der Waals surface area (Å²) in [6, 6.07) is 21.0. The van der Waals surface area contributed by atoms with Gasteiger partial charge in [-0.05, 0) is 91.8 Å². The Labute approximate surface area is 244 Å². The molecule has 2 fully saturated rings. The minimum atomic E-state index is -0.799. The number of hydrogen-bond donors (Lipinski definition) is 1. The van der Waals surface area contributed by atoms with Gasteiger partial charge in [0.15, 0.2) is 5.11 Å². The van der Waals surface area contributed by atoms with Crippen molar-refractivity contribution >= 4 is 52.1 Å². The summed E-state index contributed by atoms with van der Waals surface area (Å²) in [7, 11) is 1.58. The summed E-state index contributed by atoms with van der Waals surface area (Å²) in [5, 5.41) is 3.20. The van der Waals surface area contributed by atoms with Crippen LogP contribution in [0, 0.1) is 0 Å². The number of nitrogens with one attached hydrogen (secondary N) is 1. The molecule has 1 atom stereocenters. The van der Waals surface area contributed by atoms with E-state index in [-0.39, 0.29) is 24.1 Å². The largest absolute Gasteiger partial charge is 0.497 e. The fraction of sp³-hybridized carbons (Fsp3) is 0.290. The van der Waals surface area contributed by atoms with Crippen molar-refractivity contribution < 1.29 is 23.9 Å². The van der Waals surface area contributed by atoms with Crippen molar-refractivity contribution in [3.63, 3.8) is 0 Å². The molecule has 1 unspecified atom stereocenters. The van der Waals surface area contributed by atoms with E-state index in [1.165, 1.54) is 4.90 Å². The van der Waals surface area contributed by atoms with Crippen molar-refractivity contribution in [1.29, 1.82) is 0 Å². The fourth-order valence-corrected chi connectivity index (χ4v) is 5.46. The topological polar surface area (TPSA) is 91.4 Å². The molecule has 2 aliphatic rings. The molecule has 5 rings (SSSR count). The molecule has 3 aromatic carbocycles. The average molecular weight is 573 g/mol. The summed E-state index contributed by atoms with van der Waals surface area (Å²) in [5.41, 5.74) is 2.96. The van der Waals surface area contributed by atoms with Crippen molar-refractivity contribution in [2.45, 2.75) is 38.8 Å². The average Bonchev–Trinajstić information content (AvgIpc) is 3.51. The number of carbonyl (C=O) groups excluding carboxylic acids is 3. The third kappa shape index (κ3) is 6.17. The second-order valence-corrected chi connectivity index (χ2v) is 10.2. The van der Waals surface area contributed by atoms with Crippen LogP contribution in [0.15, 0.2) is 72.8 Å². The lowest BCUT2D eigenvalue weighted by molar-refractivity contribution is -0.124. The van der Waals surface area contributed by atoms with Crippen LogP contribution in [0.1, 0.15) is 31.7 Å². The highest BCUT2D eigenvalue weighted by Crippen LogP contribution is 2.31. The van der Waals surface area contributed by atoms with E-state index >= 15 is 0 Å². The molecule has 1 N–H and O–H groups in total. The molecule has 0 bridgehead atoms. The Balaban J connectivity index is 1.36. The standard InChI is InChI=1S/C31H32N4O5S/c1-3-40-26-14-8-22(9-15-26)32-28(36)19-27-30(38)35(24-12-16-25(39-2)17-13-24)31(41)34(27)20-21-6-10-23(11-7-21)33-18-4-5-29(33)37/h6-17,27H,3-5,18-20H2,1-2H3,(H,32,36). The van der Waals surface area contributed by atoms with E-state index in [0.717, 1.165) is 17.7 Å². The van der Waals surface area contributed by atoms with Crippen LogP contribution < -0.4 is 24.6 Å². The highest BCUT2D eigenvalue weighted by atomic mass is 32.1. The predicted molar refractivity (Wildman–Crippen MR) is 161 cm³/mol. The van der Waals surface area contributed by atoms with Crippen LogP contribution in [0.2, 0.25) is 0 Å². The number of hydrogen-bond acceptors (Lipinski definition) is 6. The number of anilines is 3. The molecule has 2 saturated heterocycles. The number of carbonyl (C=O) groups is 3. The Kier molecular flexibility index (Phi) is 8.49. The summed E-state index contributed by atoms with van der Waals surface area (Å²) in [5.74, 6) is 0.910. The molecule has 0 radical (unpaired) electrons. The van der Waals surface area contributed by atoms with Crippen LogP contribution >= 0.6 is 12.2 Å². The van der Waals surface area contributed by atoms with Gasteiger partial charge in [0.25, 0.3) is 5.91 Å². The van der Waals surface area contributed by atoms with Gasteiger partial charge in [-0.25, -0.2) is 0 Å². The number of methoxy groups -OCH3 is 1. The predicted octanol–water partition coefficient (Wildman–Crippen LogP) is 4.75. The van der Waals surface area contributed by atoms with E-state index in [1.807, 2.05) is 31.2 Å². The van der Waals surface area contributed by atoms with Gasteiger partial charge in [-0.2, -0.15) is 0 Å². The molecule has 2 aliphatic heterocycles. The quantitative estimate of drug-likeness (QED) is 0.351. The maximum Gasteiger partial charge on any atom is 0.256 e. The lowest BCUT2D eigenvalue weighted by atomic mass is 10.1. The number of ether oxygens (including phenoxy) is 2. The minimum Gasteiger partial charge on any atom is -0.497 e. The molecule has 0 aromatic heterocycles. The number of benzene rings is 3. The van der Waals surface area contributed by atoms with Crippen LogP contribution in [0.3, 0.4) is 0 Å². The zero-order valence-electron chi connectivity index (χ0n) is 23.0. The van der Waals surface area contributed by atoms with Crippen molar-refractivity contribution in [3.05, 3.63) is 78.4 Å². The van der Waals surface area contributed by atoms with Crippen molar-refractivity contribution in [2.75, 3.05) is 35.4 Å². The first-order valence-corrected chi connectivity index (χ1v) is 14.0. The first-order valence-electron chi connectivity index (χ1n) is 13.6. The van der Waals surface area contributed by atoms with E-state index in [0.29, 0.717) is 54.1 Å². The molecule has 0 saturated carbocycles. The second kappa shape index (κ2) is 12.4. The zero-order valence-corrected chi connectivity index (χ0v) is 23.9. The van der Waals surface area contributed by atoms with Crippen molar-refractivity contribution in [2.24, 2.45) is 0 Å². The Morgan fingerprint density at radius 1 is 0.951 bits per heavy atom. The van der Waals surface area contributed by atoms with Crippen LogP contribution in [-0.2, 0) is 20.9 Å². The van der Waals surface area contributed by atoms with E-state index in [1.54, 1.807) is 65.4 Å². The molecular weight excluding hydrogens is 540 g/mol. The van der Waals surface area contributed by atoms with Gasteiger partial charge in [-0.3, -0.25) is 19.3 Å². The Hall–Kier alpha value is -4.44. The third-order valence-electron chi connectivity index (χ3n) is 7.15. The molecule has 2 heterocycles. The summed E-state index contributed by atoms with van der Waals surface area (Å²) in [6.07, 6.45) is 1.33. The van der Waals surface area contributed by atoms with Gasteiger partial charge in [0.2, 0.25) is 11.8 Å². The van der Waals surface area contributed by atoms with Gasteiger partial charge in [0.05, 0.1) is 25.8 Å². The number of amides is 3. The van der Waals surface area contributed by atoms with Gasteiger partial charge in [0, 0.05) is 30.9 Å². The lowest BCUT2D eigenvalue weighted by Crippen LogP contribution is -2.37. The first kappa shape index (κ1) is 28.1. The maximum absolute atomic E-state index is 13.8. The molecule has 41 heavy (non-hydrogen) atoms. The minimum absolute atomic E-state index is 0.0841. The van der Waals surface area contributed by atoms with Crippen molar-refractivity contribution in [1.82, 2.24) is 4.90 Å². The molecule has 212 valence electrons. The monoisotopic (exact) mass is 572 g/mol. The van der Waals surface area contributed by atoms with E-state index in [4.69, 9.17) is 21.7 Å². The van der Waals surface area contributed by atoms with E-state index < -0.39 is 6.04 Å². The second-order valence-electron chi connectivity index (χ2n) is 9.82. The molecule has 0 spiro atoms. The molecular formula is C31H32N4O5S. The summed E-state index contributed by atoms with van der Waals surface area (Å²) >= 11 is 5.81. The zero-order chi connectivity index (χ0) is 28.9. The first-order chi connectivity index (χ1) is 19.9. The lowest BCUT2D eigenvalue weighted by Gasteiger charge is -2.24. The Morgan fingerprint density at radius 2 is 1.61 bits per heavy atom. The summed E-state index contributed by atoms with van der Waals surface area (Å²) in [4.78, 5) is 44.1. The fourth-order valence-electron chi connectivity index (χ4n) is 5.07. The van der Waals surface area contributed by atoms with Gasteiger partial charge < -0.3 is 24.6 Å².